The van der Waals surface area contributed by atoms with E-state index in [1.807, 2.05) is 0 Å². The van der Waals surface area contributed by atoms with Crippen molar-refractivity contribution in [1.82, 2.24) is 5.32 Å². The Hall–Kier alpha value is -0.940. The number of amides is 1. The number of nitrogens with one attached hydrogen (secondary N) is 2. The van der Waals surface area contributed by atoms with Crippen LogP contribution in [0.25, 0.3) is 0 Å². The van der Waals surface area contributed by atoms with Gasteiger partial charge in [0.05, 0.1) is 11.7 Å². The Balaban J connectivity index is 2.11. The first-order chi connectivity index (χ1) is 7.68. The molecule has 1 fully saturated rings. The van der Waals surface area contributed by atoms with Gasteiger partial charge in [-0.15, -0.1) is 0 Å². The van der Waals surface area contributed by atoms with E-state index in [4.69, 9.17) is 0 Å². The summed E-state index contributed by atoms with van der Waals surface area (Å²) in [6.07, 6.45) is 1.79. The summed E-state index contributed by atoms with van der Waals surface area (Å²) in [6, 6.07) is 4.40. The predicted octanol–water partition coefficient (Wildman–Crippen LogP) is 2.28. The van der Waals surface area contributed by atoms with Gasteiger partial charge >= 0.3 is 0 Å². The van der Waals surface area contributed by atoms with Gasteiger partial charge < -0.3 is 10.6 Å². The second-order valence-corrected chi connectivity index (χ2v) is 4.59. The first-order valence-corrected chi connectivity index (χ1v) is 5.96. The fourth-order valence-electron chi connectivity index (χ4n) is 1.74. The van der Waals surface area contributed by atoms with Gasteiger partial charge in [-0.25, -0.2) is 4.39 Å². The third kappa shape index (κ3) is 2.41. The van der Waals surface area contributed by atoms with Gasteiger partial charge in [0.2, 0.25) is 5.91 Å². The fourth-order valence-corrected chi connectivity index (χ4v) is 2.18. The maximum absolute atomic E-state index is 13.4. The average molecular weight is 287 g/mol. The van der Waals surface area contributed by atoms with Crippen LogP contribution in [-0.4, -0.2) is 18.5 Å². The molecule has 1 aliphatic heterocycles. The van der Waals surface area contributed by atoms with Crippen LogP contribution in [0.1, 0.15) is 12.8 Å². The molecule has 16 heavy (non-hydrogen) atoms. The predicted molar refractivity (Wildman–Crippen MR) is 63.8 cm³/mol. The Bertz CT molecular complexity index is 385. The summed E-state index contributed by atoms with van der Waals surface area (Å²) in [4.78, 5) is 11.8. The first-order valence-electron chi connectivity index (χ1n) is 5.17. The molecule has 2 N–H and O–H groups in total. The number of hydrogen-bond acceptors (Lipinski definition) is 2. The van der Waals surface area contributed by atoms with Crippen molar-refractivity contribution in [2.45, 2.75) is 18.9 Å². The highest BCUT2D eigenvalue weighted by Crippen LogP contribution is 2.25. The van der Waals surface area contributed by atoms with Gasteiger partial charge in [0, 0.05) is 4.47 Å². The minimum absolute atomic E-state index is 0.177. The van der Waals surface area contributed by atoms with Crippen LogP contribution in [0.4, 0.5) is 10.1 Å². The van der Waals surface area contributed by atoms with Gasteiger partial charge in [0.15, 0.2) is 0 Å². The number of rotatable bonds is 2. The first kappa shape index (κ1) is 11.5. The minimum atomic E-state index is -0.430. The maximum Gasteiger partial charge on any atom is 0.241 e. The quantitative estimate of drug-likeness (QED) is 0.876. The Labute approximate surface area is 102 Å². The number of carbonyl (C=O) groups is 1. The van der Waals surface area contributed by atoms with Gasteiger partial charge in [-0.3, -0.25) is 4.79 Å². The Morgan fingerprint density at radius 3 is 3.00 bits per heavy atom. The standard InChI is InChI=1S/C11H12BrFN2O/c12-7-3-1-4-8(13)10(7)15-11(16)9-5-2-6-14-9/h1,3-4,9,14H,2,5-6H2,(H,15,16)/t9-/m0/s1. The van der Waals surface area contributed by atoms with E-state index in [1.54, 1.807) is 12.1 Å². The molecule has 0 spiro atoms. The van der Waals surface area contributed by atoms with Crippen molar-refractivity contribution in [3.05, 3.63) is 28.5 Å². The summed E-state index contributed by atoms with van der Waals surface area (Å²) in [6.45, 7) is 0.844. The summed E-state index contributed by atoms with van der Waals surface area (Å²) in [5.74, 6) is -0.607. The normalized spacial score (nSPS) is 19.8. The van der Waals surface area contributed by atoms with Crippen molar-refractivity contribution in [3.63, 3.8) is 0 Å². The lowest BCUT2D eigenvalue weighted by molar-refractivity contribution is -0.117. The summed E-state index contributed by atoms with van der Waals surface area (Å²) in [7, 11) is 0. The van der Waals surface area contributed by atoms with E-state index in [9.17, 15) is 9.18 Å². The average Bonchev–Trinajstić information content (AvgIpc) is 2.76. The second kappa shape index (κ2) is 4.93. The third-order valence-electron chi connectivity index (χ3n) is 2.59. The van der Waals surface area contributed by atoms with Crippen LogP contribution in [-0.2, 0) is 4.79 Å². The molecule has 0 saturated carbocycles. The molecule has 3 nitrogen and oxygen atoms in total. The molecule has 1 saturated heterocycles. The SMILES string of the molecule is O=C(Nc1c(F)cccc1Br)[C@@H]1CCCN1. The second-order valence-electron chi connectivity index (χ2n) is 3.73. The zero-order valence-corrected chi connectivity index (χ0v) is 10.2. The monoisotopic (exact) mass is 286 g/mol. The van der Waals surface area contributed by atoms with E-state index in [1.165, 1.54) is 6.07 Å². The van der Waals surface area contributed by atoms with Crippen LogP contribution in [0, 0.1) is 5.82 Å². The highest BCUT2D eigenvalue weighted by atomic mass is 79.9. The summed E-state index contributed by atoms with van der Waals surface area (Å²) in [5, 5.41) is 5.66. The van der Waals surface area contributed by atoms with Crippen LogP contribution >= 0.6 is 15.9 Å². The molecule has 0 aromatic heterocycles. The lowest BCUT2D eigenvalue weighted by atomic mass is 10.2. The highest BCUT2D eigenvalue weighted by Gasteiger charge is 2.23. The van der Waals surface area contributed by atoms with Crippen molar-refractivity contribution < 1.29 is 9.18 Å². The fraction of sp³-hybridized carbons (Fsp3) is 0.364. The maximum atomic E-state index is 13.4. The number of benzene rings is 1. The molecule has 1 aromatic carbocycles. The molecule has 0 bridgehead atoms. The van der Waals surface area contributed by atoms with Gasteiger partial charge in [0.25, 0.3) is 0 Å². The molecule has 0 aliphatic carbocycles. The third-order valence-corrected chi connectivity index (χ3v) is 3.25. The smallest absolute Gasteiger partial charge is 0.241 e. The minimum Gasteiger partial charge on any atom is -0.321 e. The van der Waals surface area contributed by atoms with Gasteiger partial charge in [0.1, 0.15) is 5.82 Å². The largest absolute Gasteiger partial charge is 0.321 e. The van der Waals surface area contributed by atoms with Crippen molar-refractivity contribution in [3.8, 4) is 0 Å². The number of anilines is 1. The summed E-state index contributed by atoms with van der Waals surface area (Å²) < 4.78 is 14.0. The lowest BCUT2D eigenvalue weighted by Crippen LogP contribution is -2.35. The Kier molecular flexibility index (Phi) is 3.56. The molecule has 2 rings (SSSR count). The molecule has 1 aliphatic rings. The van der Waals surface area contributed by atoms with Crippen molar-refractivity contribution in [1.29, 1.82) is 0 Å². The van der Waals surface area contributed by atoms with Crippen LogP contribution in [0.15, 0.2) is 22.7 Å². The van der Waals surface area contributed by atoms with E-state index in [-0.39, 0.29) is 17.6 Å². The van der Waals surface area contributed by atoms with Crippen LogP contribution in [0.3, 0.4) is 0 Å². The van der Waals surface area contributed by atoms with Gasteiger partial charge in [-0.2, -0.15) is 0 Å². The van der Waals surface area contributed by atoms with E-state index >= 15 is 0 Å². The van der Waals surface area contributed by atoms with E-state index in [0.717, 1.165) is 19.4 Å². The molecular formula is C11H12BrFN2O. The zero-order chi connectivity index (χ0) is 11.5. The van der Waals surface area contributed by atoms with Gasteiger partial charge in [-0.1, -0.05) is 6.07 Å². The topological polar surface area (TPSA) is 41.1 Å². The van der Waals surface area contributed by atoms with E-state index in [2.05, 4.69) is 26.6 Å². The van der Waals surface area contributed by atoms with Crippen LogP contribution < -0.4 is 10.6 Å². The molecule has 1 heterocycles. The van der Waals surface area contributed by atoms with Crippen molar-refractivity contribution >= 4 is 27.5 Å². The molecule has 0 radical (unpaired) electrons. The molecule has 1 aromatic rings. The Morgan fingerprint density at radius 1 is 1.56 bits per heavy atom. The van der Waals surface area contributed by atoms with Crippen LogP contribution in [0.5, 0.6) is 0 Å². The van der Waals surface area contributed by atoms with Gasteiger partial charge in [-0.05, 0) is 47.4 Å². The van der Waals surface area contributed by atoms with E-state index < -0.39 is 5.82 Å². The Morgan fingerprint density at radius 2 is 2.38 bits per heavy atom. The number of hydrogen-bond donors (Lipinski definition) is 2. The summed E-state index contributed by atoms with van der Waals surface area (Å²) >= 11 is 3.21. The molecule has 86 valence electrons. The molecule has 0 unspecified atom stereocenters. The molecule has 5 heteroatoms. The zero-order valence-electron chi connectivity index (χ0n) is 8.59. The van der Waals surface area contributed by atoms with Crippen molar-refractivity contribution in [2.24, 2.45) is 0 Å². The number of carbonyl (C=O) groups excluding carboxylic acids is 1. The van der Waals surface area contributed by atoms with E-state index in [0.29, 0.717) is 4.47 Å². The van der Waals surface area contributed by atoms with Crippen molar-refractivity contribution in [2.75, 3.05) is 11.9 Å². The molecule has 1 atom stereocenters. The van der Waals surface area contributed by atoms with Crippen LogP contribution in [0.2, 0.25) is 0 Å². The molecular weight excluding hydrogens is 275 g/mol. The number of para-hydroxylation sites is 1. The highest BCUT2D eigenvalue weighted by molar-refractivity contribution is 9.10. The lowest BCUT2D eigenvalue weighted by Gasteiger charge is -2.12. The molecule has 1 amide bonds. The summed E-state index contributed by atoms with van der Waals surface area (Å²) in [5.41, 5.74) is 0.209. The number of halogens is 2.